The first-order valence-electron chi connectivity index (χ1n) is 18.6. The molecule has 14 heteroatoms. The van der Waals surface area contributed by atoms with E-state index in [0.29, 0.717) is 29.9 Å². The molecule has 1 aliphatic heterocycles. The molecule has 296 valence electrons. The molecule has 0 bridgehead atoms. The van der Waals surface area contributed by atoms with Crippen molar-refractivity contribution in [3.05, 3.63) is 43.1 Å². The minimum atomic E-state index is -4.48. The Morgan fingerprint density at radius 2 is 1.78 bits per heavy atom. The van der Waals surface area contributed by atoms with Gasteiger partial charge in [-0.15, -0.1) is 6.58 Å². The van der Waals surface area contributed by atoms with Crippen LogP contribution in [0.15, 0.2) is 43.1 Å². The molecule has 2 heterocycles. The van der Waals surface area contributed by atoms with Crippen molar-refractivity contribution in [1.82, 2.24) is 14.6 Å². The third-order valence-electron chi connectivity index (χ3n) is 10.9. The van der Waals surface area contributed by atoms with Gasteiger partial charge in [-0.3, -0.25) is 19.2 Å². The molecule has 0 radical (unpaired) electrons. The van der Waals surface area contributed by atoms with Gasteiger partial charge in [0.1, 0.15) is 17.5 Å². The number of likely N-dealkylation sites (tertiary alicyclic amines) is 1. The topological polar surface area (TPSA) is 168 Å². The second kappa shape index (κ2) is 14.9. The summed E-state index contributed by atoms with van der Waals surface area (Å²) in [5, 5.41) is 1.53. The number of carbonyl (C=O) groups is 4. The predicted molar refractivity (Wildman–Crippen MR) is 202 cm³/mol. The summed E-state index contributed by atoms with van der Waals surface area (Å²) in [7, 11) is -2.91. The Hall–Kier alpha value is -4.04. The van der Waals surface area contributed by atoms with Crippen molar-refractivity contribution in [2.75, 3.05) is 13.7 Å². The van der Waals surface area contributed by atoms with Gasteiger partial charge in [0.05, 0.1) is 43.1 Å². The van der Waals surface area contributed by atoms with E-state index in [2.05, 4.69) is 16.3 Å². The van der Waals surface area contributed by atoms with Gasteiger partial charge in [-0.1, -0.05) is 40.7 Å². The third kappa shape index (κ3) is 9.07. The van der Waals surface area contributed by atoms with Gasteiger partial charge in [-0.25, -0.2) is 13.9 Å². The number of nitrogens with one attached hydrogen (secondary N) is 1. The molecule has 2 saturated carbocycles. The van der Waals surface area contributed by atoms with E-state index < -0.39 is 79.9 Å². The van der Waals surface area contributed by atoms with E-state index in [1.165, 1.54) is 11.0 Å². The molecule has 2 aromatic rings. The van der Waals surface area contributed by atoms with Crippen molar-refractivity contribution in [2.45, 2.75) is 117 Å². The predicted octanol–water partition coefficient (Wildman–Crippen LogP) is 5.70. The fourth-order valence-electron chi connectivity index (χ4n) is 7.40. The Morgan fingerprint density at radius 1 is 1.09 bits per heavy atom. The lowest BCUT2D eigenvalue weighted by Gasteiger charge is -2.35. The maximum Gasteiger partial charge on any atom is 0.362 e. The number of nitrogens with zero attached hydrogens (tertiary/aromatic N) is 2. The second-order valence-electron chi connectivity index (χ2n) is 17.4. The van der Waals surface area contributed by atoms with Gasteiger partial charge in [-0.2, -0.15) is 8.42 Å². The summed E-state index contributed by atoms with van der Waals surface area (Å²) < 4.78 is 51.0. The highest BCUT2D eigenvalue weighted by molar-refractivity contribution is 7.85. The highest BCUT2D eigenvalue weighted by Crippen LogP contribution is 2.57. The van der Waals surface area contributed by atoms with Crippen molar-refractivity contribution in [3.63, 3.8) is 0 Å². The zero-order chi connectivity index (χ0) is 40.0. The minimum absolute atomic E-state index is 0.00789. The third-order valence-corrected chi connectivity index (χ3v) is 11.9. The first-order valence-corrected chi connectivity index (χ1v) is 20.0. The zero-order valence-corrected chi connectivity index (χ0v) is 33.7. The monoisotopic (exact) mass is 769 g/mol. The maximum absolute atomic E-state index is 14.6. The van der Waals surface area contributed by atoms with Crippen molar-refractivity contribution in [3.8, 4) is 11.6 Å². The molecule has 3 fully saturated rings. The molecule has 1 saturated heterocycles. The molecule has 1 N–H and O–H groups in total. The van der Waals surface area contributed by atoms with Crippen LogP contribution in [0.4, 0.5) is 0 Å². The van der Waals surface area contributed by atoms with Crippen LogP contribution in [-0.2, 0) is 38.4 Å². The number of aromatic nitrogens is 1. The molecular formula is C40H55N3O10S. The van der Waals surface area contributed by atoms with Gasteiger partial charge in [0, 0.05) is 24.4 Å². The normalized spacial score (nSPS) is 24.1. The van der Waals surface area contributed by atoms with Crippen LogP contribution in [0.25, 0.3) is 10.8 Å². The molecule has 1 aromatic heterocycles. The van der Waals surface area contributed by atoms with E-state index in [0.717, 1.165) is 5.39 Å². The van der Waals surface area contributed by atoms with Crippen LogP contribution < -0.4 is 14.2 Å². The lowest BCUT2D eigenvalue weighted by Crippen LogP contribution is -2.49. The van der Waals surface area contributed by atoms with Crippen LogP contribution >= 0.6 is 0 Å². The number of pyridine rings is 1. The number of Topliss-reactive ketones (excluding diaryl/α,β-unsaturated/α-hetero) is 1. The highest BCUT2D eigenvalue weighted by atomic mass is 32.2. The summed E-state index contributed by atoms with van der Waals surface area (Å²) in [6.07, 6.45) is 3.29. The number of amides is 2. The smallest absolute Gasteiger partial charge is 0.362 e. The number of esters is 1. The largest absolute Gasteiger partial charge is 0.497 e. The van der Waals surface area contributed by atoms with Crippen LogP contribution in [0.1, 0.15) is 93.9 Å². The van der Waals surface area contributed by atoms with E-state index in [1.807, 2.05) is 52.8 Å². The average molecular weight is 770 g/mol. The lowest BCUT2D eigenvalue weighted by molar-refractivity contribution is -0.161. The molecule has 0 unspecified atom stereocenters. The highest BCUT2D eigenvalue weighted by Gasteiger charge is 2.62. The number of carbonyl (C=O) groups excluding carboxylic acids is 4. The molecule has 2 aliphatic carbocycles. The molecule has 13 nitrogen and oxygen atoms in total. The van der Waals surface area contributed by atoms with Crippen LogP contribution in [0, 0.1) is 28.6 Å². The molecular weight excluding hydrogens is 715 g/mol. The van der Waals surface area contributed by atoms with Crippen molar-refractivity contribution < 1.29 is 46.0 Å². The Kier molecular flexibility index (Phi) is 11.3. The van der Waals surface area contributed by atoms with E-state index in [9.17, 15) is 27.6 Å². The number of fused-ring (bicyclic) bond motifs is 1. The summed E-state index contributed by atoms with van der Waals surface area (Å²) in [6, 6.07) is 6.23. The van der Waals surface area contributed by atoms with E-state index >= 15 is 0 Å². The van der Waals surface area contributed by atoms with Crippen molar-refractivity contribution >= 4 is 44.6 Å². The van der Waals surface area contributed by atoms with Gasteiger partial charge < -0.3 is 19.1 Å². The molecule has 3 aliphatic rings. The lowest BCUT2D eigenvalue weighted by atomic mass is 9.77. The van der Waals surface area contributed by atoms with Gasteiger partial charge >= 0.3 is 16.3 Å². The molecule has 5 atom stereocenters. The minimum Gasteiger partial charge on any atom is -0.497 e. The average Bonchev–Trinajstić information content (AvgIpc) is 3.96. The number of ketones is 1. The van der Waals surface area contributed by atoms with Gasteiger partial charge in [0.2, 0.25) is 17.7 Å². The Bertz CT molecular complexity index is 1910. The number of hydrogen-bond donors (Lipinski definition) is 1. The fourth-order valence-corrected chi connectivity index (χ4v) is 8.67. The summed E-state index contributed by atoms with van der Waals surface area (Å²) in [5.41, 5.74) is -3.72. The molecule has 1 aromatic carbocycles. The first kappa shape index (κ1) is 41.1. The number of rotatable bonds is 15. The fraction of sp³-hybridized carbons (Fsp3) is 0.625. The van der Waals surface area contributed by atoms with Gasteiger partial charge in [0.25, 0.3) is 0 Å². The molecule has 5 rings (SSSR count). The number of allylic oxidation sites excluding steroid dienone is 1. The Morgan fingerprint density at radius 3 is 2.33 bits per heavy atom. The summed E-state index contributed by atoms with van der Waals surface area (Å²) in [4.78, 5) is 61.8. The Labute approximate surface area is 318 Å². The second-order valence-corrected chi connectivity index (χ2v) is 18.7. The zero-order valence-electron chi connectivity index (χ0n) is 32.9. The van der Waals surface area contributed by atoms with Crippen molar-refractivity contribution in [1.29, 1.82) is 0 Å². The summed E-state index contributed by atoms with van der Waals surface area (Å²) >= 11 is 0. The number of benzene rings is 1. The van der Waals surface area contributed by atoms with Crippen LogP contribution in [0.5, 0.6) is 11.6 Å². The quantitative estimate of drug-likeness (QED) is 0.174. The van der Waals surface area contributed by atoms with E-state index in [-0.39, 0.29) is 38.1 Å². The number of ether oxygens (including phenoxy) is 3. The SMILES string of the molecule is C=C[C@@H]1C[C@]1(CC(=O)[C@@H]1C[C@@H](Oc2nccc3cc(OC)ccc23)CN1C(=O)[C@@H](CC(=O)OC(C)(C)C)C(C)(C)C)C(=O)NS(=O)(=O)OC1(C(C)C)CC1. The van der Waals surface area contributed by atoms with Crippen LogP contribution in [0.3, 0.4) is 0 Å². The van der Waals surface area contributed by atoms with Gasteiger partial charge in [-0.05, 0) is 86.9 Å². The maximum atomic E-state index is 14.6. The van der Waals surface area contributed by atoms with Crippen molar-refractivity contribution in [2.24, 2.45) is 28.6 Å². The molecule has 0 spiro atoms. The van der Waals surface area contributed by atoms with Gasteiger partial charge in [0.15, 0.2) is 5.78 Å². The number of methoxy groups -OCH3 is 1. The summed E-state index contributed by atoms with van der Waals surface area (Å²) in [5.74, 6) is -2.70. The Balaban J connectivity index is 1.43. The standard InChI is InChI=1S/C40H55N3O10S/c1-11-26-21-39(26,36(47)42-54(48,49)53-40(15-16-40)24(2)3)22-32(44)31-19-28(51-34-29-13-12-27(50-10)18-25(29)14-17-41-34)23-43(31)35(46)30(37(4,5)6)20-33(45)52-38(7,8)9/h11-14,17-18,24,26,28,30-31H,1,15-16,19-23H2,2-10H3,(H,42,47)/t26-,28-,30-,31+,39-/m1/s1. The van der Waals surface area contributed by atoms with Crippen LogP contribution in [0.2, 0.25) is 0 Å². The van der Waals surface area contributed by atoms with E-state index in [4.69, 9.17) is 18.4 Å². The van der Waals surface area contributed by atoms with E-state index in [1.54, 1.807) is 40.1 Å². The molecule has 54 heavy (non-hydrogen) atoms. The summed E-state index contributed by atoms with van der Waals surface area (Å²) in [6.45, 7) is 18.3. The molecule has 2 amide bonds. The number of hydrogen-bond acceptors (Lipinski definition) is 11. The first-order chi connectivity index (χ1) is 25.0. The van der Waals surface area contributed by atoms with Crippen LogP contribution in [-0.4, -0.2) is 78.9 Å².